The lowest BCUT2D eigenvalue weighted by atomic mass is 9.98. The predicted molar refractivity (Wildman–Crippen MR) is 230 cm³/mol. The molecule has 4 unspecified atom stereocenters. The van der Waals surface area contributed by atoms with Gasteiger partial charge in [0.05, 0.1) is 32.6 Å². The summed E-state index contributed by atoms with van der Waals surface area (Å²) in [6, 6.07) is 0. The van der Waals surface area contributed by atoms with Crippen LogP contribution in [0.2, 0.25) is 0 Å². The van der Waals surface area contributed by atoms with Gasteiger partial charge >= 0.3 is 0 Å². The van der Waals surface area contributed by atoms with Gasteiger partial charge in [-0.25, -0.2) is 0 Å². The van der Waals surface area contributed by atoms with E-state index in [1.807, 2.05) is 47.0 Å². The lowest BCUT2D eigenvalue weighted by molar-refractivity contribution is -0.121. The highest BCUT2D eigenvalue weighted by Gasteiger charge is 2.36. The van der Waals surface area contributed by atoms with E-state index in [-0.39, 0.29) is 44.8 Å². The molecule has 0 amide bonds. The second kappa shape index (κ2) is 29.8. The highest BCUT2D eigenvalue weighted by molar-refractivity contribution is 8.19. The average molecular weight is 807 g/mol. The molecule has 0 aromatic rings. The molecule has 10 heteroatoms. The Hall–Kier alpha value is 0.580. The van der Waals surface area contributed by atoms with Gasteiger partial charge in [0.25, 0.3) is 0 Å². The van der Waals surface area contributed by atoms with Crippen LogP contribution in [0.1, 0.15) is 194 Å². The first-order valence-corrected chi connectivity index (χ1v) is 25.4. The molecule has 0 aromatic heterocycles. The minimum Gasteiger partial charge on any atom is -0.393 e. The standard InChI is InChI=1S/C42H78O6S4/c1-3-5-9-23-39(47)33-41(49-27-17-28-50-41)25-15-8-13-21-37(45)31-35(43)19-11-7-12-20-36(44)32-38(46)22-14-16-26-42(51-29-18-30-52-42)34-40(48)24-10-6-4-2/h35,38-40,43,46-48H,3-34H2,1-2H3. The summed E-state index contributed by atoms with van der Waals surface area (Å²) in [7, 11) is 0. The van der Waals surface area contributed by atoms with Gasteiger partial charge in [0.1, 0.15) is 11.6 Å². The molecule has 4 atom stereocenters. The van der Waals surface area contributed by atoms with Crippen LogP contribution in [0.4, 0.5) is 0 Å². The number of unbranched alkanes of at least 4 members (excludes halogenated alkanes) is 9. The first-order valence-electron chi connectivity index (χ1n) is 21.4. The van der Waals surface area contributed by atoms with E-state index in [0.717, 1.165) is 114 Å². The van der Waals surface area contributed by atoms with E-state index in [0.29, 0.717) is 25.7 Å². The molecule has 52 heavy (non-hydrogen) atoms. The maximum Gasteiger partial charge on any atom is 0.135 e. The molecular formula is C42H78O6S4. The number of rotatable bonds is 33. The van der Waals surface area contributed by atoms with Gasteiger partial charge in [-0.1, -0.05) is 90.9 Å². The van der Waals surface area contributed by atoms with E-state index in [4.69, 9.17) is 0 Å². The number of aliphatic hydroxyl groups is 4. The van der Waals surface area contributed by atoms with Gasteiger partial charge in [-0.05, 0) is 100 Å². The van der Waals surface area contributed by atoms with Crippen molar-refractivity contribution in [2.45, 2.75) is 226 Å². The molecule has 4 N–H and O–H groups in total. The smallest absolute Gasteiger partial charge is 0.135 e. The maximum absolute atomic E-state index is 12.5. The Labute approximate surface area is 336 Å². The lowest BCUT2D eigenvalue weighted by Gasteiger charge is -2.38. The van der Waals surface area contributed by atoms with Crippen molar-refractivity contribution >= 4 is 58.6 Å². The topological polar surface area (TPSA) is 115 Å². The molecule has 0 spiro atoms. The zero-order chi connectivity index (χ0) is 37.9. The van der Waals surface area contributed by atoms with Crippen LogP contribution >= 0.6 is 47.0 Å². The van der Waals surface area contributed by atoms with Crippen LogP contribution in [0.25, 0.3) is 0 Å². The van der Waals surface area contributed by atoms with Crippen molar-refractivity contribution in [3.63, 3.8) is 0 Å². The normalized spacial score (nSPS) is 19.6. The molecule has 2 aliphatic heterocycles. The zero-order valence-corrected chi connectivity index (χ0v) is 36.4. The molecule has 2 fully saturated rings. The van der Waals surface area contributed by atoms with Crippen molar-refractivity contribution in [1.29, 1.82) is 0 Å². The molecule has 2 heterocycles. The second-order valence-electron chi connectivity index (χ2n) is 15.8. The Bertz CT molecular complexity index is 911. The van der Waals surface area contributed by atoms with Crippen molar-refractivity contribution in [3.8, 4) is 0 Å². The van der Waals surface area contributed by atoms with E-state index in [1.165, 1.54) is 50.0 Å². The van der Waals surface area contributed by atoms with Crippen LogP contribution < -0.4 is 0 Å². The van der Waals surface area contributed by atoms with Crippen molar-refractivity contribution in [3.05, 3.63) is 0 Å². The highest BCUT2D eigenvalue weighted by atomic mass is 32.2. The number of ketones is 2. The van der Waals surface area contributed by atoms with E-state index in [1.54, 1.807) is 0 Å². The summed E-state index contributed by atoms with van der Waals surface area (Å²) >= 11 is 8.13. The van der Waals surface area contributed by atoms with Crippen LogP contribution in [-0.4, -0.2) is 87.6 Å². The van der Waals surface area contributed by atoms with Crippen molar-refractivity contribution in [2.75, 3.05) is 23.0 Å². The SMILES string of the molecule is CCCCCC(O)CC1(CCCCCC(=O)CC(O)CCCCCC(=O)CC(O)CCCCC2(CC(O)CCCCC)SCCCS2)SCCCS1. The Kier molecular flexibility index (Phi) is 27.9. The van der Waals surface area contributed by atoms with Crippen LogP contribution in [0.15, 0.2) is 0 Å². The first-order chi connectivity index (χ1) is 25.1. The predicted octanol–water partition coefficient (Wildman–Crippen LogP) is 10.9. The molecule has 306 valence electrons. The average Bonchev–Trinajstić information content (AvgIpc) is 3.11. The summed E-state index contributed by atoms with van der Waals surface area (Å²) in [5.74, 6) is 4.94. The Morgan fingerprint density at radius 3 is 1.25 bits per heavy atom. The third kappa shape index (κ3) is 23.0. The van der Waals surface area contributed by atoms with Crippen molar-refractivity contribution in [1.82, 2.24) is 0 Å². The fraction of sp³-hybridized carbons (Fsp3) is 0.952. The monoisotopic (exact) mass is 806 g/mol. The zero-order valence-electron chi connectivity index (χ0n) is 33.2. The minimum absolute atomic E-state index is 0.0988. The van der Waals surface area contributed by atoms with Gasteiger partial charge < -0.3 is 20.4 Å². The summed E-state index contributed by atoms with van der Waals surface area (Å²) < 4.78 is 0.228. The maximum atomic E-state index is 12.5. The Morgan fingerprint density at radius 1 is 0.481 bits per heavy atom. The number of carbonyl (C=O) groups excluding carboxylic acids is 2. The van der Waals surface area contributed by atoms with E-state index >= 15 is 0 Å². The van der Waals surface area contributed by atoms with Gasteiger partial charge in [0.15, 0.2) is 0 Å². The number of hydrogen-bond acceptors (Lipinski definition) is 10. The van der Waals surface area contributed by atoms with E-state index < -0.39 is 12.2 Å². The molecule has 2 saturated heterocycles. The number of thioether (sulfide) groups is 4. The molecule has 0 radical (unpaired) electrons. The number of carbonyl (C=O) groups is 2. The molecule has 0 saturated carbocycles. The largest absolute Gasteiger partial charge is 0.393 e. The minimum atomic E-state index is -0.605. The van der Waals surface area contributed by atoms with Crippen molar-refractivity contribution in [2.24, 2.45) is 0 Å². The number of hydrogen-bond donors (Lipinski definition) is 4. The van der Waals surface area contributed by atoms with E-state index in [9.17, 15) is 30.0 Å². The van der Waals surface area contributed by atoms with Crippen LogP contribution in [0, 0.1) is 0 Å². The molecule has 6 nitrogen and oxygen atoms in total. The summed E-state index contributed by atoms with van der Waals surface area (Å²) in [5.41, 5.74) is 0. The molecule has 0 aliphatic carbocycles. The van der Waals surface area contributed by atoms with Gasteiger partial charge in [0, 0.05) is 25.7 Å². The van der Waals surface area contributed by atoms with Gasteiger partial charge in [0.2, 0.25) is 0 Å². The molecule has 0 aromatic carbocycles. The first kappa shape index (κ1) is 48.7. The summed E-state index contributed by atoms with van der Waals surface area (Å²) in [5, 5.41) is 42.3. The quantitative estimate of drug-likeness (QED) is 0.0478. The third-order valence-corrected chi connectivity index (χ3v) is 17.7. The highest BCUT2D eigenvalue weighted by Crippen LogP contribution is 2.50. The van der Waals surface area contributed by atoms with Gasteiger partial charge in [-0.15, -0.1) is 47.0 Å². The second-order valence-corrected chi connectivity index (χ2v) is 22.3. The Balaban J connectivity index is 1.51. The number of Topliss-reactive ketones (excluding diaryl/α,β-unsaturated/α-hetero) is 2. The van der Waals surface area contributed by atoms with E-state index in [2.05, 4.69) is 13.8 Å². The van der Waals surface area contributed by atoms with Gasteiger partial charge in [-0.2, -0.15) is 0 Å². The Morgan fingerprint density at radius 2 is 0.827 bits per heavy atom. The third-order valence-electron chi connectivity index (χ3n) is 10.7. The van der Waals surface area contributed by atoms with Crippen molar-refractivity contribution < 1.29 is 30.0 Å². The summed E-state index contributed by atoms with van der Waals surface area (Å²) in [6.45, 7) is 4.40. The summed E-state index contributed by atoms with van der Waals surface area (Å²) in [6.07, 6.45) is 23.4. The number of aliphatic hydroxyl groups excluding tert-OH is 4. The van der Waals surface area contributed by atoms with Crippen LogP contribution in [0.5, 0.6) is 0 Å². The van der Waals surface area contributed by atoms with Gasteiger partial charge in [-0.3, -0.25) is 9.59 Å². The molecule has 0 bridgehead atoms. The summed E-state index contributed by atoms with van der Waals surface area (Å²) in [4.78, 5) is 25.0. The lowest BCUT2D eigenvalue weighted by Crippen LogP contribution is -2.30. The molecule has 2 rings (SSSR count). The van der Waals surface area contributed by atoms with Crippen LogP contribution in [-0.2, 0) is 9.59 Å². The van der Waals surface area contributed by atoms with Crippen LogP contribution in [0.3, 0.4) is 0 Å². The fourth-order valence-corrected chi connectivity index (χ4v) is 14.7. The molecular weight excluding hydrogens is 729 g/mol. The fourth-order valence-electron chi connectivity index (χ4n) is 7.62. The molecule has 2 aliphatic rings.